The van der Waals surface area contributed by atoms with Gasteiger partial charge in [-0.3, -0.25) is 0 Å². The highest BCUT2D eigenvalue weighted by atomic mass is 16.3. The van der Waals surface area contributed by atoms with E-state index in [0.29, 0.717) is 12.0 Å². The third kappa shape index (κ3) is 3.43. The van der Waals surface area contributed by atoms with Gasteiger partial charge >= 0.3 is 0 Å². The highest BCUT2D eigenvalue weighted by Gasteiger charge is 2.42. The van der Waals surface area contributed by atoms with Crippen LogP contribution in [-0.4, -0.2) is 47.8 Å². The van der Waals surface area contributed by atoms with E-state index in [9.17, 15) is 5.11 Å². The molecule has 2 atom stereocenters. The number of likely N-dealkylation sites (tertiary alicyclic amines) is 1. The minimum absolute atomic E-state index is 0.319. The molecule has 1 aliphatic heterocycles. The van der Waals surface area contributed by atoms with Gasteiger partial charge in [0.2, 0.25) is 0 Å². The van der Waals surface area contributed by atoms with Crippen LogP contribution in [0.3, 0.4) is 0 Å². The average molecular weight is 240 g/mol. The van der Waals surface area contributed by atoms with Gasteiger partial charge in [-0.15, -0.1) is 0 Å². The summed E-state index contributed by atoms with van der Waals surface area (Å²) in [7, 11) is 0. The fourth-order valence-corrected chi connectivity index (χ4v) is 3.35. The van der Waals surface area contributed by atoms with Crippen LogP contribution in [0, 0.1) is 5.92 Å². The SMILES string of the molecule is CC(C)NCCN1CCC2(O)CCCCC2C1. The molecule has 2 unspecified atom stereocenters. The maximum Gasteiger partial charge on any atom is 0.0700 e. The molecule has 2 rings (SSSR count). The van der Waals surface area contributed by atoms with Crippen molar-refractivity contribution in [3.8, 4) is 0 Å². The first-order valence-corrected chi connectivity index (χ1v) is 7.28. The molecule has 3 nitrogen and oxygen atoms in total. The molecule has 1 saturated carbocycles. The summed E-state index contributed by atoms with van der Waals surface area (Å²) in [4.78, 5) is 2.53. The molecule has 0 aromatic carbocycles. The average Bonchev–Trinajstić information content (AvgIpc) is 2.28. The summed E-state index contributed by atoms with van der Waals surface area (Å²) in [6.45, 7) is 8.77. The fraction of sp³-hybridized carbons (Fsp3) is 1.00. The molecule has 0 aromatic heterocycles. The molecule has 17 heavy (non-hydrogen) atoms. The summed E-state index contributed by atoms with van der Waals surface area (Å²) < 4.78 is 0. The Kier molecular flexibility index (Phi) is 4.45. The van der Waals surface area contributed by atoms with E-state index in [4.69, 9.17) is 0 Å². The molecule has 0 aromatic rings. The Morgan fingerprint density at radius 1 is 1.35 bits per heavy atom. The Balaban J connectivity index is 1.77. The smallest absolute Gasteiger partial charge is 0.0700 e. The Morgan fingerprint density at radius 2 is 2.18 bits per heavy atom. The minimum atomic E-state index is -0.319. The first kappa shape index (κ1) is 13.3. The molecule has 2 aliphatic rings. The molecule has 1 heterocycles. The lowest BCUT2D eigenvalue weighted by molar-refractivity contribution is -0.0949. The lowest BCUT2D eigenvalue weighted by Crippen LogP contribution is -2.54. The molecule has 1 saturated heterocycles. The van der Waals surface area contributed by atoms with Gasteiger partial charge in [0, 0.05) is 38.1 Å². The topological polar surface area (TPSA) is 35.5 Å². The van der Waals surface area contributed by atoms with Crippen LogP contribution >= 0.6 is 0 Å². The van der Waals surface area contributed by atoms with Crippen molar-refractivity contribution in [2.75, 3.05) is 26.2 Å². The third-order valence-corrected chi connectivity index (χ3v) is 4.49. The highest BCUT2D eigenvalue weighted by molar-refractivity contribution is 4.95. The van der Waals surface area contributed by atoms with Gasteiger partial charge in [0.1, 0.15) is 0 Å². The third-order valence-electron chi connectivity index (χ3n) is 4.49. The Labute approximate surface area is 106 Å². The van der Waals surface area contributed by atoms with Crippen LogP contribution in [-0.2, 0) is 0 Å². The lowest BCUT2D eigenvalue weighted by atomic mass is 9.71. The van der Waals surface area contributed by atoms with Gasteiger partial charge in [-0.1, -0.05) is 26.7 Å². The van der Waals surface area contributed by atoms with Crippen LogP contribution in [0.4, 0.5) is 0 Å². The summed E-state index contributed by atoms with van der Waals surface area (Å²) in [5.41, 5.74) is -0.319. The molecule has 3 heteroatoms. The van der Waals surface area contributed by atoms with E-state index in [1.165, 1.54) is 19.3 Å². The van der Waals surface area contributed by atoms with Crippen LogP contribution < -0.4 is 5.32 Å². The molecule has 0 bridgehead atoms. The molecular weight excluding hydrogens is 212 g/mol. The quantitative estimate of drug-likeness (QED) is 0.784. The molecule has 100 valence electrons. The second-order valence-corrected chi connectivity index (χ2v) is 6.21. The molecule has 0 radical (unpaired) electrons. The Morgan fingerprint density at radius 3 is 2.94 bits per heavy atom. The van der Waals surface area contributed by atoms with Crippen LogP contribution in [0.5, 0.6) is 0 Å². The second kappa shape index (κ2) is 5.68. The molecule has 0 amide bonds. The standard InChI is InChI=1S/C14H28N2O/c1-12(2)15-8-10-16-9-7-14(17)6-4-3-5-13(14)11-16/h12-13,15,17H,3-11H2,1-2H3. The number of aliphatic hydroxyl groups is 1. The summed E-state index contributed by atoms with van der Waals surface area (Å²) in [5, 5.41) is 14.1. The van der Waals surface area contributed by atoms with Crippen molar-refractivity contribution in [3.63, 3.8) is 0 Å². The summed E-state index contributed by atoms with van der Waals surface area (Å²) in [6.07, 6.45) is 5.78. The highest BCUT2D eigenvalue weighted by Crippen LogP contribution is 2.39. The first-order valence-electron chi connectivity index (χ1n) is 7.28. The first-order chi connectivity index (χ1) is 8.10. The number of hydrogen-bond donors (Lipinski definition) is 2. The minimum Gasteiger partial charge on any atom is -0.390 e. The van der Waals surface area contributed by atoms with E-state index in [1.807, 2.05) is 0 Å². The predicted octanol–water partition coefficient (Wildman–Crippen LogP) is 1.61. The number of piperidine rings is 1. The van der Waals surface area contributed by atoms with Crippen LogP contribution in [0.1, 0.15) is 46.0 Å². The van der Waals surface area contributed by atoms with E-state index in [-0.39, 0.29) is 5.60 Å². The summed E-state index contributed by atoms with van der Waals surface area (Å²) in [5.74, 6) is 0.532. The molecule has 2 fully saturated rings. The van der Waals surface area contributed by atoms with Crippen molar-refractivity contribution in [3.05, 3.63) is 0 Å². The summed E-state index contributed by atoms with van der Waals surface area (Å²) >= 11 is 0. The largest absolute Gasteiger partial charge is 0.390 e. The van der Waals surface area contributed by atoms with Gasteiger partial charge in [0.15, 0.2) is 0 Å². The van der Waals surface area contributed by atoms with E-state index >= 15 is 0 Å². The van der Waals surface area contributed by atoms with E-state index in [2.05, 4.69) is 24.1 Å². The maximum atomic E-state index is 10.6. The zero-order valence-electron chi connectivity index (χ0n) is 11.4. The lowest BCUT2D eigenvalue weighted by Gasteiger charge is -2.47. The van der Waals surface area contributed by atoms with Gasteiger partial charge in [-0.25, -0.2) is 0 Å². The van der Waals surface area contributed by atoms with Crippen molar-refractivity contribution < 1.29 is 5.11 Å². The predicted molar refractivity (Wildman–Crippen MR) is 71.1 cm³/mol. The molecule has 2 N–H and O–H groups in total. The van der Waals surface area contributed by atoms with Gasteiger partial charge in [0.05, 0.1) is 5.60 Å². The van der Waals surface area contributed by atoms with Crippen molar-refractivity contribution in [1.82, 2.24) is 10.2 Å². The van der Waals surface area contributed by atoms with Gasteiger partial charge < -0.3 is 15.3 Å². The van der Waals surface area contributed by atoms with Crippen molar-refractivity contribution in [1.29, 1.82) is 0 Å². The van der Waals surface area contributed by atoms with Crippen molar-refractivity contribution in [2.45, 2.75) is 57.6 Å². The molecular formula is C14H28N2O. The van der Waals surface area contributed by atoms with Crippen molar-refractivity contribution >= 4 is 0 Å². The number of nitrogens with one attached hydrogen (secondary N) is 1. The van der Waals surface area contributed by atoms with E-state index in [0.717, 1.165) is 39.0 Å². The molecule has 1 aliphatic carbocycles. The second-order valence-electron chi connectivity index (χ2n) is 6.21. The Hall–Kier alpha value is -0.120. The van der Waals surface area contributed by atoms with Crippen molar-refractivity contribution in [2.24, 2.45) is 5.92 Å². The Bertz CT molecular complexity index is 244. The van der Waals surface area contributed by atoms with E-state index < -0.39 is 0 Å². The maximum absolute atomic E-state index is 10.6. The molecule has 0 spiro atoms. The normalized spacial score (nSPS) is 34.9. The number of nitrogens with zero attached hydrogens (tertiary/aromatic N) is 1. The van der Waals surface area contributed by atoms with Gasteiger partial charge in [-0.05, 0) is 19.3 Å². The van der Waals surface area contributed by atoms with Gasteiger partial charge in [0.25, 0.3) is 0 Å². The number of hydrogen-bond acceptors (Lipinski definition) is 3. The monoisotopic (exact) mass is 240 g/mol. The number of fused-ring (bicyclic) bond motifs is 1. The fourth-order valence-electron chi connectivity index (χ4n) is 3.35. The van der Waals surface area contributed by atoms with Crippen LogP contribution in [0.25, 0.3) is 0 Å². The number of rotatable bonds is 4. The van der Waals surface area contributed by atoms with E-state index in [1.54, 1.807) is 0 Å². The summed E-state index contributed by atoms with van der Waals surface area (Å²) in [6, 6.07) is 0.575. The zero-order chi connectivity index (χ0) is 12.3. The van der Waals surface area contributed by atoms with Gasteiger partial charge in [-0.2, -0.15) is 0 Å². The van der Waals surface area contributed by atoms with Crippen LogP contribution in [0.15, 0.2) is 0 Å². The van der Waals surface area contributed by atoms with Crippen LogP contribution in [0.2, 0.25) is 0 Å². The zero-order valence-corrected chi connectivity index (χ0v) is 11.4.